The van der Waals surface area contributed by atoms with Crippen LogP contribution in [0, 0.1) is 17.7 Å². The summed E-state index contributed by atoms with van der Waals surface area (Å²) in [6, 6.07) is 13.9. The monoisotopic (exact) mass is 392 g/mol. The molecular weight excluding hydrogens is 372 g/mol. The third-order valence-corrected chi connectivity index (χ3v) is 5.41. The van der Waals surface area contributed by atoms with E-state index in [9.17, 15) is 0 Å². The van der Waals surface area contributed by atoms with Crippen molar-refractivity contribution < 1.29 is 0 Å². The lowest BCUT2D eigenvalue weighted by Gasteiger charge is -2.27. The van der Waals surface area contributed by atoms with Crippen molar-refractivity contribution in [3.8, 4) is 5.69 Å². The molecule has 6 nitrogen and oxygen atoms in total. The lowest BCUT2D eigenvalue weighted by atomic mass is 9.99. The maximum Gasteiger partial charge on any atom is 0.142 e. The van der Waals surface area contributed by atoms with Crippen molar-refractivity contribution in [2.24, 2.45) is 0 Å². The van der Waals surface area contributed by atoms with E-state index in [2.05, 4.69) is 32.7 Å². The number of nitrogens with one attached hydrogen (secondary N) is 2. The maximum absolute atomic E-state index is 7.65. The molecule has 0 radical (unpaired) electrons. The molecule has 2 N–H and O–H groups in total. The van der Waals surface area contributed by atoms with Crippen molar-refractivity contribution >= 4 is 35.4 Å². The van der Waals surface area contributed by atoms with Crippen LogP contribution < -0.4 is 4.90 Å². The topological polar surface area (TPSA) is 81.6 Å². The SMILES string of the molecule is Cc1nnc2n1-c1ccc(C(C=N)C=N)cc1N(c1ccc(Cl)cc1)CC2C. The van der Waals surface area contributed by atoms with E-state index in [-0.39, 0.29) is 11.8 Å². The van der Waals surface area contributed by atoms with Gasteiger partial charge in [0, 0.05) is 35.6 Å². The first kappa shape index (κ1) is 18.4. The van der Waals surface area contributed by atoms with Gasteiger partial charge in [0.05, 0.1) is 17.3 Å². The average molecular weight is 393 g/mol. The van der Waals surface area contributed by atoms with E-state index < -0.39 is 0 Å². The highest BCUT2D eigenvalue weighted by molar-refractivity contribution is 6.30. The lowest BCUT2D eigenvalue weighted by molar-refractivity contribution is 0.696. The van der Waals surface area contributed by atoms with E-state index in [1.807, 2.05) is 43.3 Å². The van der Waals surface area contributed by atoms with E-state index >= 15 is 0 Å². The Kier molecular flexibility index (Phi) is 4.73. The zero-order valence-electron chi connectivity index (χ0n) is 15.7. The van der Waals surface area contributed by atoms with Gasteiger partial charge < -0.3 is 15.7 Å². The van der Waals surface area contributed by atoms with Crippen LogP contribution in [-0.4, -0.2) is 33.7 Å². The molecule has 2 aromatic carbocycles. The third kappa shape index (κ3) is 2.99. The molecule has 0 saturated carbocycles. The second-order valence-corrected chi connectivity index (χ2v) is 7.47. The van der Waals surface area contributed by atoms with Crippen molar-refractivity contribution in [3.63, 3.8) is 0 Å². The Morgan fingerprint density at radius 3 is 2.46 bits per heavy atom. The predicted molar refractivity (Wildman–Crippen MR) is 113 cm³/mol. The minimum Gasteiger partial charge on any atom is -0.339 e. The van der Waals surface area contributed by atoms with Gasteiger partial charge in [0.1, 0.15) is 11.6 Å². The van der Waals surface area contributed by atoms with Crippen LogP contribution in [0.2, 0.25) is 5.02 Å². The number of nitrogens with zero attached hydrogens (tertiary/aromatic N) is 4. The normalized spacial score (nSPS) is 16.7. The number of halogens is 1. The van der Waals surface area contributed by atoms with Crippen LogP contribution in [-0.2, 0) is 0 Å². The van der Waals surface area contributed by atoms with Gasteiger partial charge in [0.25, 0.3) is 0 Å². The van der Waals surface area contributed by atoms with Crippen LogP contribution in [0.3, 0.4) is 0 Å². The van der Waals surface area contributed by atoms with Crippen LogP contribution in [0.25, 0.3) is 5.69 Å². The number of fused-ring (bicyclic) bond motifs is 3. The molecule has 1 aliphatic heterocycles. The number of aryl methyl sites for hydroxylation is 1. The van der Waals surface area contributed by atoms with Crippen molar-refractivity contribution in [2.75, 3.05) is 11.4 Å². The molecule has 142 valence electrons. The molecule has 4 rings (SSSR count). The van der Waals surface area contributed by atoms with Crippen LogP contribution in [0.1, 0.15) is 36.0 Å². The van der Waals surface area contributed by atoms with Crippen LogP contribution in [0.4, 0.5) is 11.4 Å². The molecule has 0 aliphatic carbocycles. The largest absolute Gasteiger partial charge is 0.339 e. The zero-order valence-corrected chi connectivity index (χ0v) is 16.5. The Balaban J connectivity index is 1.96. The van der Waals surface area contributed by atoms with E-state index in [1.165, 1.54) is 12.4 Å². The smallest absolute Gasteiger partial charge is 0.142 e. The summed E-state index contributed by atoms with van der Waals surface area (Å²) in [5, 5.41) is 24.7. The lowest BCUT2D eigenvalue weighted by Crippen LogP contribution is -2.22. The molecule has 7 heteroatoms. The van der Waals surface area contributed by atoms with Gasteiger partial charge in [0.2, 0.25) is 0 Å². The summed E-state index contributed by atoms with van der Waals surface area (Å²) in [5.41, 5.74) is 3.94. The average Bonchev–Trinajstić information content (AvgIpc) is 3.03. The minimum atomic E-state index is -0.348. The van der Waals surface area contributed by atoms with Gasteiger partial charge in [-0.2, -0.15) is 0 Å². The molecule has 28 heavy (non-hydrogen) atoms. The number of hydrogen-bond donors (Lipinski definition) is 2. The van der Waals surface area contributed by atoms with E-state index in [0.29, 0.717) is 5.02 Å². The van der Waals surface area contributed by atoms with Crippen LogP contribution in [0.5, 0.6) is 0 Å². The molecule has 2 heterocycles. The minimum absolute atomic E-state index is 0.161. The van der Waals surface area contributed by atoms with Gasteiger partial charge in [-0.1, -0.05) is 24.6 Å². The Bertz CT molecular complexity index is 1030. The zero-order chi connectivity index (χ0) is 19.8. The molecule has 1 aromatic heterocycles. The molecular formula is C21H21ClN6. The van der Waals surface area contributed by atoms with Gasteiger partial charge in [-0.3, -0.25) is 4.57 Å². The van der Waals surface area contributed by atoms with Crippen molar-refractivity contribution in [3.05, 3.63) is 64.7 Å². The van der Waals surface area contributed by atoms with Crippen molar-refractivity contribution in [2.45, 2.75) is 25.7 Å². The number of benzene rings is 2. The van der Waals surface area contributed by atoms with Crippen molar-refractivity contribution in [1.82, 2.24) is 14.8 Å². The first-order chi connectivity index (χ1) is 13.5. The number of hydrogen-bond acceptors (Lipinski definition) is 5. The van der Waals surface area contributed by atoms with E-state index in [0.717, 1.165) is 40.8 Å². The Morgan fingerprint density at radius 2 is 1.79 bits per heavy atom. The summed E-state index contributed by atoms with van der Waals surface area (Å²) in [4.78, 5) is 2.25. The van der Waals surface area contributed by atoms with Gasteiger partial charge in [-0.15, -0.1) is 10.2 Å². The van der Waals surface area contributed by atoms with Gasteiger partial charge in [-0.05, 0) is 48.9 Å². The van der Waals surface area contributed by atoms with Crippen LogP contribution in [0.15, 0.2) is 42.5 Å². The number of rotatable bonds is 4. The highest BCUT2D eigenvalue weighted by atomic mass is 35.5. The first-order valence-corrected chi connectivity index (χ1v) is 9.51. The Morgan fingerprint density at radius 1 is 1.07 bits per heavy atom. The molecule has 0 saturated heterocycles. The molecule has 0 spiro atoms. The van der Waals surface area contributed by atoms with E-state index in [1.54, 1.807) is 0 Å². The quantitative estimate of drug-likeness (QED) is 0.621. The summed E-state index contributed by atoms with van der Waals surface area (Å²) in [6.45, 7) is 4.83. The number of anilines is 2. The van der Waals surface area contributed by atoms with Crippen molar-refractivity contribution in [1.29, 1.82) is 10.8 Å². The third-order valence-electron chi connectivity index (χ3n) is 5.16. The fourth-order valence-electron chi connectivity index (χ4n) is 3.71. The summed E-state index contributed by atoms with van der Waals surface area (Å²) >= 11 is 6.10. The molecule has 1 unspecified atom stereocenters. The van der Waals surface area contributed by atoms with Gasteiger partial charge in [0.15, 0.2) is 0 Å². The Labute approximate surface area is 168 Å². The highest BCUT2D eigenvalue weighted by Gasteiger charge is 2.28. The second kappa shape index (κ2) is 7.20. The predicted octanol–water partition coefficient (Wildman–Crippen LogP) is 4.87. The summed E-state index contributed by atoms with van der Waals surface area (Å²) in [5.74, 6) is 1.58. The highest BCUT2D eigenvalue weighted by Crippen LogP contribution is 2.39. The number of aromatic nitrogens is 3. The molecule has 1 aliphatic rings. The standard InChI is InChI=1S/C21H21ClN6/c1-13-12-27(18-6-4-17(22)5-7-18)20-9-15(16(10-23)11-24)3-8-19(20)28-14(2)25-26-21(13)28/h3-11,13,16,23-24H,12H2,1-2H3. The van der Waals surface area contributed by atoms with E-state index in [4.69, 9.17) is 22.4 Å². The summed E-state index contributed by atoms with van der Waals surface area (Å²) in [6.07, 6.45) is 2.58. The van der Waals surface area contributed by atoms with Gasteiger partial charge >= 0.3 is 0 Å². The molecule has 0 bridgehead atoms. The molecule has 0 amide bonds. The molecule has 1 atom stereocenters. The summed E-state index contributed by atoms with van der Waals surface area (Å²) < 4.78 is 2.10. The fourth-order valence-corrected chi connectivity index (χ4v) is 3.83. The fraction of sp³-hybridized carbons (Fsp3) is 0.238. The van der Waals surface area contributed by atoms with Gasteiger partial charge in [-0.25, -0.2) is 0 Å². The maximum atomic E-state index is 7.65. The second-order valence-electron chi connectivity index (χ2n) is 7.04. The Hall–Kier alpha value is -2.99. The summed E-state index contributed by atoms with van der Waals surface area (Å²) in [7, 11) is 0. The molecule has 3 aromatic rings. The molecule has 0 fully saturated rings. The van der Waals surface area contributed by atoms with Crippen LogP contribution >= 0.6 is 11.6 Å². The first-order valence-electron chi connectivity index (χ1n) is 9.14.